The largest absolute Gasteiger partial charge is 0.457 e. The Labute approximate surface area is 306 Å². The first-order chi connectivity index (χ1) is 24.7. The maximum atomic E-state index is 14.2. The number of ether oxygens (including phenoxy) is 2. The average Bonchev–Trinajstić information content (AvgIpc) is 3.77. The smallest absolute Gasteiger partial charge is 0.264 e. The van der Waals surface area contributed by atoms with Crippen LogP contribution in [0.3, 0.4) is 0 Å². The molecule has 2 N–H and O–H groups in total. The third kappa shape index (κ3) is 9.62. The number of rotatable bonds is 16. The lowest BCUT2D eigenvalue weighted by molar-refractivity contribution is -0.137. The molecule has 11 heteroatoms. The average molecular weight is 729 g/mol. The minimum atomic E-state index is -0.769. The molecule has 5 aromatic rings. The number of carbonyl (C=O) groups is 3. The monoisotopic (exact) mass is 727 g/mol. The van der Waals surface area contributed by atoms with E-state index in [4.69, 9.17) is 42.8 Å². The molecular weight excluding hydrogens is 689 g/mol. The molecule has 0 bridgehead atoms. The number of nitrogens with two attached hydrogens (primary N) is 1. The van der Waals surface area contributed by atoms with Gasteiger partial charge in [-0.15, -0.1) is 0 Å². The zero-order valence-electron chi connectivity index (χ0n) is 28.0. The van der Waals surface area contributed by atoms with Crippen molar-refractivity contribution < 1.29 is 28.3 Å². The molecule has 264 valence electrons. The normalized spacial score (nSPS) is 16.3. The number of ketones is 2. The van der Waals surface area contributed by atoms with Crippen LogP contribution >= 0.6 is 23.2 Å². The predicted molar refractivity (Wildman–Crippen MR) is 196 cm³/mol. The summed E-state index contributed by atoms with van der Waals surface area (Å²) >= 11 is 12.1. The summed E-state index contributed by atoms with van der Waals surface area (Å²) in [4.78, 5) is 47.9. The summed E-state index contributed by atoms with van der Waals surface area (Å²) in [5.41, 5.74) is 8.49. The van der Waals surface area contributed by atoms with Crippen LogP contribution in [-0.2, 0) is 27.4 Å². The SMILES string of the molecule is NCCCC[C@H](CC(=O)[C@@H]1C[C@@H](OCc2ccc(Cl)cc2)CN1C(=O)Cc1cccc(Oc2ccc(Cl)cc2)c1)C(=O)c1nc2ccccc2o1. The molecule has 51 heavy (non-hydrogen) atoms. The number of Topliss-reactive ketones (excluding diaryl/α,β-unsaturated/α-hetero) is 2. The Morgan fingerprint density at radius 3 is 2.37 bits per heavy atom. The number of amides is 1. The van der Waals surface area contributed by atoms with Crippen molar-refractivity contribution >= 4 is 51.8 Å². The molecule has 4 aromatic carbocycles. The third-order valence-electron chi connectivity index (χ3n) is 8.99. The van der Waals surface area contributed by atoms with Crippen molar-refractivity contribution in [2.24, 2.45) is 11.7 Å². The molecule has 0 spiro atoms. The molecule has 1 aromatic heterocycles. The van der Waals surface area contributed by atoms with E-state index in [0.717, 1.165) is 11.1 Å². The van der Waals surface area contributed by atoms with Crippen molar-refractivity contribution in [2.45, 2.75) is 57.3 Å². The van der Waals surface area contributed by atoms with Gasteiger partial charge in [-0.1, -0.05) is 66.0 Å². The fourth-order valence-corrected chi connectivity index (χ4v) is 6.57. The molecule has 1 aliphatic rings. The highest BCUT2D eigenvalue weighted by molar-refractivity contribution is 6.30. The molecule has 0 aliphatic carbocycles. The van der Waals surface area contributed by atoms with Crippen LogP contribution in [0.25, 0.3) is 11.1 Å². The second-order valence-electron chi connectivity index (χ2n) is 12.7. The lowest BCUT2D eigenvalue weighted by Crippen LogP contribution is -2.42. The number of benzene rings is 4. The van der Waals surface area contributed by atoms with Gasteiger partial charge in [-0.25, -0.2) is 4.98 Å². The van der Waals surface area contributed by atoms with E-state index in [1.54, 1.807) is 59.5 Å². The first kappa shape index (κ1) is 36.3. The summed E-state index contributed by atoms with van der Waals surface area (Å²) in [6.07, 6.45) is 1.72. The summed E-state index contributed by atoms with van der Waals surface area (Å²) < 4.78 is 18.0. The van der Waals surface area contributed by atoms with Crippen molar-refractivity contribution in [1.82, 2.24) is 9.88 Å². The van der Waals surface area contributed by atoms with E-state index in [1.165, 1.54) is 0 Å². The van der Waals surface area contributed by atoms with Crippen LogP contribution in [-0.4, -0.2) is 52.6 Å². The number of likely N-dealkylation sites (tertiary alicyclic amines) is 1. The van der Waals surface area contributed by atoms with Crippen molar-refractivity contribution in [3.05, 3.63) is 124 Å². The van der Waals surface area contributed by atoms with Crippen molar-refractivity contribution in [2.75, 3.05) is 13.1 Å². The van der Waals surface area contributed by atoms with Crippen LogP contribution in [0.4, 0.5) is 0 Å². The molecule has 3 atom stereocenters. The Bertz CT molecular complexity index is 1930. The molecule has 0 saturated carbocycles. The molecule has 1 saturated heterocycles. The van der Waals surface area contributed by atoms with Crippen LogP contribution < -0.4 is 10.5 Å². The van der Waals surface area contributed by atoms with Gasteiger partial charge in [0.05, 0.1) is 25.2 Å². The Kier molecular flexibility index (Phi) is 12.2. The van der Waals surface area contributed by atoms with Crippen molar-refractivity contribution in [3.63, 3.8) is 0 Å². The molecule has 9 nitrogen and oxygen atoms in total. The quantitative estimate of drug-likeness (QED) is 0.0796. The Morgan fingerprint density at radius 1 is 0.882 bits per heavy atom. The molecule has 0 radical (unpaired) electrons. The summed E-state index contributed by atoms with van der Waals surface area (Å²) in [7, 11) is 0. The summed E-state index contributed by atoms with van der Waals surface area (Å²) in [6.45, 7) is 1.01. The van der Waals surface area contributed by atoms with E-state index in [9.17, 15) is 14.4 Å². The van der Waals surface area contributed by atoms with Gasteiger partial charge in [0.25, 0.3) is 5.89 Å². The van der Waals surface area contributed by atoms with Crippen molar-refractivity contribution in [1.29, 1.82) is 0 Å². The van der Waals surface area contributed by atoms with E-state index < -0.39 is 12.0 Å². The standard InChI is InChI=1S/C40H39Cl2N3O6/c41-29-13-11-26(12-14-29)25-49-33-23-35(36(46)22-28(7-3-4-19-43)39(48)40-44-34-9-1-2-10-37(34)51-40)45(24-33)38(47)21-27-6-5-8-32(20-27)50-31-17-15-30(42)16-18-31/h1-2,5-6,8-18,20,28,33,35H,3-4,7,19,21-25,43H2/t28-,33-,35+/m1/s1. The lowest BCUT2D eigenvalue weighted by atomic mass is 9.89. The van der Waals surface area contributed by atoms with Crippen LogP contribution in [0, 0.1) is 5.92 Å². The van der Waals surface area contributed by atoms with Gasteiger partial charge >= 0.3 is 0 Å². The zero-order valence-corrected chi connectivity index (χ0v) is 29.5. The van der Waals surface area contributed by atoms with Crippen LogP contribution in [0.2, 0.25) is 10.0 Å². The number of para-hydroxylation sites is 2. The fourth-order valence-electron chi connectivity index (χ4n) is 6.32. The van der Waals surface area contributed by atoms with Gasteiger partial charge in [-0.3, -0.25) is 14.4 Å². The van der Waals surface area contributed by atoms with E-state index in [2.05, 4.69) is 4.98 Å². The van der Waals surface area contributed by atoms with Gasteiger partial charge in [0.1, 0.15) is 17.0 Å². The number of carbonyl (C=O) groups excluding carboxylic acids is 3. The number of unbranched alkanes of at least 4 members (excludes halogenated alkanes) is 1. The van der Waals surface area contributed by atoms with E-state index in [1.807, 2.05) is 42.5 Å². The van der Waals surface area contributed by atoms with E-state index >= 15 is 0 Å². The second-order valence-corrected chi connectivity index (χ2v) is 13.6. The van der Waals surface area contributed by atoms with E-state index in [0.29, 0.717) is 71.5 Å². The number of aromatic nitrogens is 1. The first-order valence-corrected chi connectivity index (χ1v) is 17.8. The molecule has 1 amide bonds. The maximum Gasteiger partial charge on any atom is 0.264 e. The first-order valence-electron chi connectivity index (χ1n) is 17.1. The van der Waals surface area contributed by atoms with Crippen LogP contribution in [0.5, 0.6) is 11.5 Å². The van der Waals surface area contributed by atoms with Gasteiger partial charge in [0.2, 0.25) is 11.7 Å². The van der Waals surface area contributed by atoms with Gasteiger partial charge in [-0.2, -0.15) is 0 Å². The van der Waals surface area contributed by atoms with Crippen LogP contribution in [0.15, 0.2) is 101 Å². The molecule has 2 heterocycles. The van der Waals surface area contributed by atoms with Crippen molar-refractivity contribution in [3.8, 4) is 11.5 Å². The summed E-state index contributed by atoms with van der Waals surface area (Å²) in [5.74, 6) is -0.278. The van der Waals surface area contributed by atoms with Gasteiger partial charge < -0.3 is 24.5 Å². The number of oxazole rings is 1. The number of hydrogen-bond donors (Lipinski definition) is 1. The molecule has 0 unspecified atom stereocenters. The zero-order chi connectivity index (χ0) is 35.7. The molecule has 1 aliphatic heterocycles. The molecule has 1 fully saturated rings. The number of fused-ring (bicyclic) bond motifs is 1. The Hall–Kier alpha value is -4.54. The minimum absolute atomic E-state index is 0.0222. The van der Waals surface area contributed by atoms with Crippen LogP contribution in [0.1, 0.15) is 53.9 Å². The highest BCUT2D eigenvalue weighted by Crippen LogP contribution is 2.30. The van der Waals surface area contributed by atoms with Gasteiger partial charge in [0.15, 0.2) is 11.4 Å². The molecular formula is C40H39Cl2N3O6. The summed E-state index contributed by atoms with van der Waals surface area (Å²) in [6, 6.07) is 28.0. The number of hydrogen-bond acceptors (Lipinski definition) is 8. The topological polar surface area (TPSA) is 125 Å². The lowest BCUT2D eigenvalue weighted by Gasteiger charge is -2.25. The van der Waals surface area contributed by atoms with Gasteiger partial charge in [-0.05, 0) is 91.2 Å². The number of halogens is 2. The Balaban J connectivity index is 1.19. The van der Waals surface area contributed by atoms with Gasteiger partial charge in [0, 0.05) is 35.3 Å². The predicted octanol–water partition coefficient (Wildman–Crippen LogP) is 8.24. The third-order valence-corrected chi connectivity index (χ3v) is 9.49. The highest BCUT2D eigenvalue weighted by atomic mass is 35.5. The Morgan fingerprint density at radius 2 is 1.63 bits per heavy atom. The summed E-state index contributed by atoms with van der Waals surface area (Å²) in [5, 5.41) is 1.22. The minimum Gasteiger partial charge on any atom is -0.457 e. The fraction of sp³-hybridized carbons (Fsp3) is 0.300. The van der Waals surface area contributed by atoms with E-state index in [-0.39, 0.29) is 48.9 Å². The molecule has 6 rings (SSSR count). The number of nitrogens with zero attached hydrogens (tertiary/aromatic N) is 2. The maximum absolute atomic E-state index is 14.2. The second kappa shape index (κ2) is 17.1. The highest BCUT2D eigenvalue weighted by Gasteiger charge is 2.41.